The summed E-state index contributed by atoms with van der Waals surface area (Å²) in [7, 11) is 0. The van der Waals surface area contributed by atoms with Crippen LogP contribution < -0.4 is 10.6 Å². The molecule has 0 aromatic carbocycles. The van der Waals surface area contributed by atoms with Crippen molar-refractivity contribution in [3.05, 3.63) is 0 Å². The molecule has 17 heavy (non-hydrogen) atoms. The molecule has 2 fully saturated rings. The van der Waals surface area contributed by atoms with Crippen LogP contribution in [0.4, 0.5) is 0 Å². The Morgan fingerprint density at radius 2 is 2.12 bits per heavy atom. The zero-order valence-corrected chi connectivity index (χ0v) is 10.5. The molecule has 2 rings (SSSR count). The molecule has 0 aliphatic carbocycles. The monoisotopic (exact) mass is 242 g/mol. The topological polar surface area (TPSA) is 59.6 Å². The van der Waals surface area contributed by atoms with Crippen molar-refractivity contribution >= 4 is 5.91 Å². The van der Waals surface area contributed by atoms with Crippen molar-refractivity contribution in [2.45, 2.75) is 25.8 Å². The molecule has 0 radical (unpaired) electrons. The molecule has 0 bridgehead atoms. The van der Waals surface area contributed by atoms with Gasteiger partial charge in [-0.05, 0) is 18.3 Å². The maximum Gasteiger partial charge on any atom is 0.239 e. The zero-order valence-electron chi connectivity index (χ0n) is 10.5. The molecule has 1 amide bonds. The SMILES string of the molecule is CC1(CNC(=O)C2COCCN2)CCOCC1. The third-order valence-corrected chi connectivity index (χ3v) is 3.63. The summed E-state index contributed by atoms with van der Waals surface area (Å²) in [5.41, 5.74) is 0.184. The molecule has 2 aliphatic rings. The van der Waals surface area contributed by atoms with E-state index in [0.717, 1.165) is 39.1 Å². The van der Waals surface area contributed by atoms with E-state index in [1.165, 1.54) is 0 Å². The van der Waals surface area contributed by atoms with E-state index in [1.54, 1.807) is 0 Å². The Morgan fingerprint density at radius 1 is 1.35 bits per heavy atom. The summed E-state index contributed by atoms with van der Waals surface area (Å²) >= 11 is 0. The normalized spacial score (nSPS) is 28.6. The number of ether oxygens (including phenoxy) is 2. The van der Waals surface area contributed by atoms with Crippen LogP contribution in [0, 0.1) is 5.41 Å². The molecule has 0 spiro atoms. The Bertz CT molecular complexity index is 258. The number of morpholine rings is 1. The number of rotatable bonds is 3. The molecule has 2 saturated heterocycles. The Hall–Kier alpha value is -0.650. The van der Waals surface area contributed by atoms with Gasteiger partial charge < -0.3 is 20.1 Å². The van der Waals surface area contributed by atoms with Crippen molar-refractivity contribution in [1.82, 2.24) is 10.6 Å². The summed E-state index contributed by atoms with van der Waals surface area (Å²) in [6.07, 6.45) is 2.03. The predicted molar refractivity (Wildman–Crippen MR) is 63.8 cm³/mol. The Balaban J connectivity index is 1.74. The van der Waals surface area contributed by atoms with Crippen molar-refractivity contribution in [2.75, 3.05) is 39.5 Å². The molecule has 2 aliphatic heterocycles. The molecule has 2 N–H and O–H groups in total. The highest BCUT2D eigenvalue weighted by Crippen LogP contribution is 2.28. The minimum Gasteiger partial charge on any atom is -0.381 e. The molecule has 5 heteroatoms. The van der Waals surface area contributed by atoms with Crippen LogP contribution in [0.5, 0.6) is 0 Å². The highest BCUT2D eigenvalue weighted by atomic mass is 16.5. The van der Waals surface area contributed by atoms with Crippen LogP contribution in [0.1, 0.15) is 19.8 Å². The molecule has 0 aromatic rings. The second kappa shape index (κ2) is 5.80. The number of amides is 1. The average Bonchev–Trinajstić information content (AvgIpc) is 2.38. The highest BCUT2D eigenvalue weighted by Gasteiger charge is 2.29. The minimum absolute atomic E-state index is 0.0532. The summed E-state index contributed by atoms with van der Waals surface area (Å²) in [6, 6.07) is -0.188. The Labute approximate surface area is 102 Å². The number of nitrogens with one attached hydrogen (secondary N) is 2. The molecule has 1 atom stereocenters. The van der Waals surface area contributed by atoms with Crippen LogP contribution in [0.3, 0.4) is 0 Å². The first-order chi connectivity index (χ1) is 8.20. The lowest BCUT2D eigenvalue weighted by atomic mass is 9.82. The average molecular weight is 242 g/mol. The van der Waals surface area contributed by atoms with Gasteiger partial charge in [-0.2, -0.15) is 0 Å². The van der Waals surface area contributed by atoms with Gasteiger partial charge in [0.15, 0.2) is 0 Å². The van der Waals surface area contributed by atoms with Crippen LogP contribution in [-0.4, -0.2) is 51.5 Å². The van der Waals surface area contributed by atoms with Crippen molar-refractivity contribution in [2.24, 2.45) is 5.41 Å². The van der Waals surface area contributed by atoms with Crippen molar-refractivity contribution < 1.29 is 14.3 Å². The van der Waals surface area contributed by atoms with Gasteiger partial charge in [0.25, 0.3) is 0 Å². The van der Waals surface area contributed by atoms with Gasteiger partial charge in [-0.25, -0.2) is 0 Å². The number of hydrogen-bond acceptors (Lipinski definition) is 4. The standard InChI is InChI=1S/C12H22N2O3/c1-12(2-5-16-6-3-12)9-14-11(15)10-8-17-7-4-13-10/h10,13H,2-9H2,1H3,(H,14,15). The third kappa shape index (κ3) is 3.66. The summed E-state index contributed by atoms with van der Waals surface area (Å²) in [4.78, 5) is 11.9. The van der Waals surface area contributed by atoms with Gasteiger partial charge in [0, 0.05) is 26.3 Å². The zero-order chi connectivity index (χ0) is 12.1. The highest BCUT2D eigenvalue weighted by molar-refractivity contribution is 5.82. The molecule has 1 unspecified atom stereocenters. The van der Waals surface area contributed by atoms with E-state index >= 15 is 0 Å². The van der Waals surface area contributed by atoms with Gasteiger partial charge in [-0.15, -0.1) is 0 Å². The molecular weight excluding hydrogens is 220 g/mol. The number of carbonyl (C=O) groups excluding carboxylic acids is 1. The molecular formula is C12H22N2O3. The number of hydrogen-bond donors (Lipinski definition) is 2. The maximum absolute atomic E-state index is 11.9. The van der Waals surface area contributed by atoms with Gasteiger partial charge >= 0.3 is 0 Å². The van der Waals surface area contributed by atoms with Gasteiger partial charge in [0.1, 0.15) is 6.04 Å². The van der Waals surface area contributed by atoms with Crippen LogP contribution >= 0.6 is 0 Å². The van der Waals surface area contributed by atoms with E-state index in [2.05, 4.69) is 17.6 Å². The van der Waals surface area contributed by atoms with Gasteiger partial charge in [-0.3, -0.25) is 4.79 Å². The summed E-state index contributed by atoms with van der Waals surface area (Å²) in [5.74, 6) is 0.0532. The molecule has 5 nitrogen and oxygen atoms in total. The maximum atomic E-state index is 11.9. The van der Waals surface area contributed by atoms with Crippen molar-refractivity contribution in [3.8, 4) is 0 Å². The van der Waals surface area contributed by atoms with Crippen LogP contribution in [0.15, 0.2) is 0 Å². The van der Waals surface area contributed by atoms with E-state index in [4.69, 9.17) is 9.47 Å². The quantitative estimate of drug-likeness (QED) is 0.726. The van der Waals surface area contributed by atoms with E-state index in [9.17, 15) is 4.79 Å². The lowest BCUT2D eigenvalue weighted by Gasteiger charge is -2.34. The first kappa shape index (κ1) is 12.8. The lowest BCUT2D eigenvalue weighted by molar-refractivity contribution is -0.126. The fraction of sp³-hybridized carbons (Fsp3) is 0.917. The van der Waals surface area contributed by atoms with Gasteiger partial charge in [-0.1, -0.05) is 6.92 Å². The molecule has 0 saturated carbocycles. The summed E-state index contributed by atoms with van der Waals surface area (Å²) in [6.45, 7) is 6.47. The van der Waals surface area contributed by atoms with Crippen LogP contribution in [0.2, 0.25) is 0 Å². The fourth-order valence-electron chi connectivity index (χ4n) is 2.20. The third-order valence-electron chi connectivity index (χ3n) is 3.63. The predicted octanol–water partition coefficient (Wildman–Crippen LogP) is -0.0923. The Morgan fingerprint density at radius 3 is 2.76 bits per heavy atom. The smallest absolute Gasteiger partial charge is 0.239 e. The van der Waals surface area contributed by atoms with Gasteiger partial charge in [0.2, 0.25) is 5.91 Å². The minimum atomic E-state index is -0.188. The Kier molecular flexibility index (Phi) is 4.36. The first-order valence-corrected chi connectivity index (χ1v) is 6.36. The summed E-state index contributed by atoms with van der Waals surface area (Å²) in [5, 5.41) is 6.18. The van der Waals surface area contributed by atoms with Crippen molar-refractivity contribution in [1.29, 1.82) is 0 Å². The van der Waals surface area contributed by atoms with Crippen LogP contribution in [-0.2, 0) is 14.3 Å². The van der Waals surface area contributed by atoms with Crippen LogP contribution in [0.25, 0.3) is 0 Å². The van der Waals surface area contributed by atoms with E-state index in [0.29, 0.717) is 13.2 Å². The largest absolute Gasteiger partial charge is 0.381 e. The van der Waals surface area contributed by atoms with E-state index in [1.807, 2.05) is 0 Å². The van der Waals surface area contributed by atoms with Crippen molar-refractivity contribution in [3.63, 3.8) is 0 Å². The summed E-state index contributed by atoms with van der Waals surface area (Å²) < 4.78 is 10.6. The van der Waals surface area contributed by atoms with E-state index < -0.39 is 0 Å². The molecule has 98 valence electrons. The number of carbonyl (C=O) groups is 1. The lowest BCUT2D eigenvalue weighted by Crippen LogP contribution is -2.53. The molecule has 0 aromatic heterocycles. The molecule has 2 heterocycles. The van der Waals surface area contributed by atoms with Gasteiger partial charge in [0.05, 0.1) is 13.2 Å². The second-order valence-corrected chi connectivity index (χ2v) is 5.22. The van der Waals surface area contributed by atoms with E-state index in [-0.39, 0.29) is 17.4 Å². The fourth-order valence-corrected chi connectivity index (χ4v) is 2.20. The second-order valence-electron chi connectivity index (χ2n) is 5.22. The first-order valence-electron chi connectivity index (χ1n) is 6.36.